The van der Waals surface area contributed by atoms with E-state index in [0.717, 1.165) is 11.1 Å². The summed E-state index contributed by atoms with van der Waals surface area (Å²) >= 11 is 6.42. The van der Waals surface area contributed by atoms with Crippen molar-refractivity contribution >= 4 is 35.3 Å². The van der Waals surface area contributed by atoms with E-state index in [9.17, 15) is 0 Å². The van der Waals surface area contributed by atoms with Crippen LogP contribution in [0, 0.1) is 0 Å². The minimum atomic E-state index is 0.157. The Morgan fingerprint density at radius 3 is 2.60 bits per heavy atom. The number of benzene rings is 2. The number of hydrazone groups is 1. The first kappa shape index (κ1) is 14.6. The summed E-state index contributed by atoms with van der Waals surface area (Å²) in [6.45, 7) is 0. The predicted molar refractivity (Wildman–Crippen MR) is 91.2 cm³/mol. The monoisotopic (exact) mass is 301 g/mol. The number of hydrogen-bond acceptors (Lipinski definition) is 3. The van der Waals surface area contributed by atoms with Crippen molar-refractivity contribution in [3.8, 4) is 11.1 Å². The second-order valence-electron chi connectivity index (χ2n) is 4.09. The third kappa shape index (κ3) is 4.08. The van der Waals surface area contributed by atoms with Gasteiger partial charge in [0.25, 0.3) is 0 Å². The smallest absolute Gasteiger partial charge is 0.184 e. The third-order valence-electron chi connectivity index (χ3n) is 2.70. The van der Waals surface area contributed by atoms with Gasteiger partial charge in [-0.2, -0.15) is 5.10 Å². The van der Waals surface area contributed by atoms with Gasteiger partial charge in [-0.05, 0) is 53.4 Å². The Balaban J connectivity index is 2.20. The Morgan fingerprint density at radius 1 is 1.20 bits per heavy atom. The van der Waals surface area contributed by atoms with Crippen molar-refractivity contribution < 1.29 is 0 Å². The molecule has 0 unspecified atom stereocenters. The number of nitrogens with zero attached hydrogens (tertiary/aromatic N) is 1. The van der Waals surface area contributed by atoms with Gasteiger partial charge in [0.05, 0.1) is 6.21 Å². The van der Waals surface area contributed by atoms with Gasteiger partial charge in [0.1, 0.15) is 0 Å². The molecule has 2 aromatic rings. The van der Waals surface area contributed by atoms with Crippen molar-refractivity contribution in [2.45, 2.75) is 4.90 Å². The lowest BCUT2D eigenvalue weighted by molar-refractivity contribution is 1.04. The van der Waals surface area contributed by atoms with E-state index < -0.39 is 0 Å². The van der Waals surface area contributed by atoms with Crippen molar-refractivity contribution in [1.29, 1.82) is 0 Å². The first-order chi connectivity index (χ1) is 9.69. The molecular weight excluding hydrogens is 286 g/mol. The van der Waals surface area contributed by atoms with Gasteiger partial charge in [-0.15, -0.1) is 11.8 Å². The quantitative estimate of drug-likeness (QED) is 0.394. The van der Waals surface area contributed by atoms with Crippen molar-refractivity contribution in [1.82, 2.24) is 5.43 Å². The lowest BCUT2D eigenvalue weighted by Crippen LogP contribution is -2.23. The zero-order chi connectivity index (χ0) is 14.4. The average molecular weight is 301 g/mol. The van der Waals surface area contributed by atoms with Gasteiger partial charge in [0.2, 0.25) is 0 Å². The molecule has 0 aromatic heterocycles. The normalized spacial score (nSPS) is 10.7. The molecule has 0 atom stereocenters. The number of thioether (sulfide) groups is 1. The van der Waals surface area contributed by atoms with Gasteiger partial charge < -0.3 is 5.73 Å². The zero-order valence-corrected chi connectivity index (χ0v) is 12.7. The van der Waals surface area contributed by atoms with Crippen LogP contribution in [0.4, 0.5) is 0 Å². The summed E-state index contributed by atoms with van der Waals surface area (Å²) in [6, 6.07) is 16.6. The molecule has 20 heavy (non-hydrogen) atoms. The number of thiocarbonyl (C=S) groups is 1. The Labute approximate surface area is 128 Å². The summed E-state index contributed by atoms with van der Waals surface area (Å²) in [6.07, 6.45) is 3.76. The van der Waals surface area contributed by atoms with Crippen LogP contribution < -0.4 is 11.2 Å². The fraction of sp³-hybridized carbons (Fsp3) is 0.0667. The van der Waals surface area contributed by atoms with E-state index in [2.05, 4.69) is 65.4 Å². The van der Waals surface area contributed by atoms with Crippen LogP contribution in [-0.4, -0.2) is 17.6 Å². The summed E-state index contributed by atoms with van der Waals surface area (Å²) in [5.41, 5.74) is 11.2. The SMILES string of the molecule is CSc1ccc(-c2cccc(C=NNC(N)=S)c2)cc1. The largest absolute Gasteiger partial charge is 0.375 e. The fourth-order valence-electron chi connectivity index (χ4n) is 1.75. The van der Waals surface area contributed by atoms with Crippen molar-refractivity contribution in [2.75, 3.05) is 6.26 Å². The highest BCUT2D eigenvalue weighted by Crippen LogP contribution is 2.23. The van der Waals surface area contributed by atoms with Gasteiger partial charge in [-0.1, -0.05) is 30.3 Å². The summed E-state index contributed by atoms with van der Waals surface area (Å²) in [5, 5.41) is 4.12. The minimum absolute atomic E-state index is 0.157. The third-order valence-corrected chi connectivity index (χ3v) is 3.53. The van der Waals surface area contributed by atoms with Gasteiger partial charge in [-0.25, -0.2) is 0 Å². The molecule has 3 N–H and O–H groups in total. The van der Waals surface area contributed by atoms with Crippen molar-refractivity contribution in [3.63, 3.8) is 0 Å². The molecular formula is C15H15N3S2. The van der Waals surface area contributed by atoms with Crippen LogP contribution in [0.2, 0.25) is 0 Å². The highest BCUT2D eigenvalue weighted by atomic mass is 32.2. The van der Waals surface area contributed by atoms with Gasteiger partial charge in [0.15, 0.2) is 5.11 Å². The van der Waals surface area contributed by atoms with E-state index in [1.807, 2.05) is 12.1 Å². The molecule has 0 bridgehead atoms. The molecule has 3 nitrogen and oxygen atoms in total. The maximum absolute atomic E-state index is 5.31. The molecule has 102 valence electrons. The first-order valence-corrected chi connectivity index (χ1v) is 7.65. The topological polar surface area (TPSA) is 50.4 Å². The minimum Gasteiger partial charge on any atom is -0.375 e. The lowest BCUT2D eigenvalue weighted by atomic mass is 10.0. The second kappa shape index (κ2) is 7.07. The maximum Gasteiger partial charge on any atom is 0.184 e. The standard InChI is InChI=1S/C15H15N3S2/c1-20-14-7-5-12(6-8-14)13-4-2-3-11(9-13)10-17-18-15(16)19/h2-10H,1H3,(H3,16,18,19). The summed E-state index contributed by atoms with van der Waals surface area (Å²) < 4.78 is 0. The molecule has 2 rings (SSSR count). The number of hydrogen-bond donors (Lipinski definition) is 2. The molecule has 0 aliphatic heterocycles. The van der Waals surface area contributed by atoms with E-state index in [1.165, 1.54) is 10.5 Å². The van der Waals surface area contributed by atoms with Crippen LogP contribution in [0.3, 0.4) is 0 Å². The lowest BCUT2D eigenvalue weighted by Gasteiger charge is -2.04. The molecule has 0 saturated heterocycles. The van der Waals surface area contributed by atoms with Gasteiger partial charge in [0, 0.05) is 4.90 Å². The van der Waals surface area contributed by atoms with E-state index >= 15 is 0 Å². The predicted octanol–water partition coefficient (Wildman–Crippen LogP) is 3.24. The molecule has 0 saturated carbocycles. The molecule has 0 aliphatic carbocycles. The average Bonchev–Trinajstić information content (AvgIpc) is 2.47. The van der Waals surface area contributed by atoms with Crippen molar-refractivity contribution in [3.05, 3.63) is 54.1 Å². The maximum atomic E-state index is 5.31. The summed E-state index contributed by atoms with van der Waals surface area (Å²) in [7, 11) is 0. The zero-order valence-electron chi connectivity index (χ0n) is 11.0. The van der Waals surface area contributed by atoms with Crippen LogP contribution in [0.1, 0.15) is 5.56 Å². The van der Waals surface area contributed by atoms with E-state index in [4.69, 9.17) is 5.73 Å². The number of rotatable bonds is 4. The molecule has 0 spiro atoms. The summed E-state index contributed by atoms with van der Waals surface area (Å²) in [4.78, 5) is 1.26. The van der Waals surface area contributed by atoms with E-state index in [-0.39, 0.29) is 5.11 Å². The molecule has 5 heteroatoms. The van der Waals surface area contributed by atoms with Crippen LogP contribution >= 0.6 is 24.0 Å². The summed E-state index contributed by atoms with van der Waals surface area (Å²) in [5.74, 6) is 0. The first-order valence-electron chi connectivity index (χ1n) is 6.02. The number of nitrogens with one attached hydrogen (secondary N) is 1. The molecule has 0 aliphatic rings. The van der Waals surface area contributed by atoms with Crippen molar-refractivity contribution in [2.24, 2.45) is 10.8 Å². The van der Waals surface area contributed by atoms with Crippen LogP contribution in [0.5, 0.6) is 0 Å². The Hall–Kier alpha value is -1.85. The van der Waals surface area contributed by atoms with Gasteiger partial charge >= 0.3 is 0 Å². The Bertz CT molecular complexity index is 621. The molecule has 0 radical (unpaired) electrons. The van der Waals surface area contributed by atoms with Crippen LogP contribution in [0.25, 0.3) is 11.1 Å². The van der Waals surface area contributed by atoms with Gasteiger partial charge in [-0.3, -0.25) is 5.43 Å². The Kier molecular flexibility index (Phi) is 5.15. The highest BCUT2D eigenvalue weighted by Gasteiger charge is 1.99. The van der Waals surface area contributed by atoms with E-state index in [1.54, 1.807) is 18.0 Å². The molecule has 0 fully saturated rings. The molecule has 2 aromatic carbocycles. The number of nitrogens with two attached hydrogens (primary N) is 1. The second-order valence-corrected chi connectivity index (χ2v) is 5.41. The fourth-order valence-corrected chi connectivity index (χ4v) is 2.21. The molecule has 0 heterocycles. The highest BCUT2D eigenvalue weighted by molar-refractivity contribution is 7.98. The van der Waals surface area contributed by atoms with Crippen LogP contribution in [0.15, 0.2) is 58.5 Å². The van der Waals surface area contributed by atoms with E-state index in [0.29, 0.717) is 0 Å². The van der Waals surface area contributed by atoms with Crippen LogP contribution in [-0.2, 0) is 0 Å². The molecule has 0 amide bonds. The Morgan fingerprint density at radius 2 is 1.95 bits per heavy atom.